The first-order valence-electron chi connectivity index (χ1n) is 11.6. The fourth-order valence-electron chi connectivity index (χ4n) is 4.04. The van der Waals surface area contributed by atoms with E-state index in [1.54, 1.807) is 13.0 Å². The van der Waals surface area contributed by atoms with Crippen molar-refractivity contribution in [3.63, 3.8) is 0 Å². The number of halogens is 3. The molecule has 1 aliphatic rings. The van der Waals surface area contributed by atoms with Crippen molar-refractivity contribution in [1.29, 1.82) is 0 Å². The van der Waals surface area contributed by atoms with Crippen molar-refractivity contribution in [2.75, 3.05) is 20.5 Å². The summed E-state index contributed by atoms with van der Waals surface area (Å²) in [5, 5.41) is 11.1. The van der Waals surface area contributed by atoms with Crippen LogP contribution in [0.5, 0.6) is 5.75 Å². The number of pyridine rings is 1. The zero-order valence-electron chi connectivity index (χ0n) is 20.9. The number of hydrogen-bond donors (Lipinski definition) is 3. The van der Waals surface area contributed by atoms with Crippen LogP contribution in [0.25, 0.3) is 0 Å². The summed E-state index contributed by atoms with van der Waals surface area (Å²) >= 11 is 0. The predicted octanol–water partition coefficient (Wildman–Crippen LogP) is 3.40. The lowest BCUT2D eigenvalue weighted by molar-refractivity contribution is -0.137. The van der Waals surface area contributed by atoms with E-state index in [0.29, 0.717) is 26.4 Å². The minimum absolute atomic E-state index is 0.0707. The third kappa shape index (κ3) is 6.51. The van der Waals surface area contributed by atoms with Crippen molar-refractivity contribution in [3.05, 3.63) is 71.9 Å². The van der Waals surface area contributed by atoms with E-state index in [1.807, 2.05) is 5.32 Å². The Hall–Kier alpha value is -4.38. The molecule has 2 N–H and O–H groups in total. The molecule has 41 heavy (non-hydrogen) atoms. The number of sulfonamides is 1. The van der Waals surface area contributed by atoms with Crippen molar-refractivity contribution in [3.8, 4) is 5.75 Å². The SMILES string of the molecule is Cc1cccc(N(C(=O)CC2CN(S(=O)(=O)c3cccc(C(F)(F)F)c3)c3cc(NC(=O)O)ccc3O2)[SH](=O)=O)n1. The highest BCUT2D eigenvalue weighted by molar-refractivity contribution is 7.92. The predicted molar refractivity (Wildman–Crippen MR) is 140 cm³/mol. The van der Waals surface area contributed by atoms with Gasteiger partial charge in [-0.05, 0) is 55.5 Å². The van der Waals surface area contributed by atoms with Crippen LogP contribution in [0.4, 0.5) is 35.2 Å². The second kappa shape index (κ2) is 11.2. The van der Waals surface area contributed by atoms with Crippen LogP contribution < -0.4 is 18.7 Å². The largest absolute Gasteiger partial charge is 0.486 e. The number of carboxylic acid groups (broad SMARTS) is 1. The first-order chi connectivity index (χ1) is 19.2. The molecule has 2 heterocycles. The molecule has 0 saturated carbocycles. The van der Waals surface area contributed by atoms with E-state index in [-0.39, 0.29) is 22.9 Å². The molecule has 0 bridgehead atoms. The summed E-state index contributed by atoms with van der Waals surface area (Å²) in [6, 6.07) is 10.9. The number of aryl methyl sites for hydroxylation is 1. The number of aromatic nitrogens is 1. The van der Waals surface area contributed by atoms with Crippen LogP contribution in [0.3, 0.4) is 0 Å². The Bertz CT molecular complexity index is 1690. The van der Waals surface area contributed by atoms with E-state index in [4.69, 9.17) is 9.84 Å². The fourth-order valence-corrected chi connectivity index (χ4v) is 6.13. The fraction of sp³-hybridized carbons (Fsp3) is 0.208. The van der Waals surface area contributed by atoms with Crippen LogP contribution in [-0.4, -0.2) is 51.6 Å². The summed E-state index contributed by atoms with van der Waals surface area (Å²) in [5.74, 6) is -1.35. The Morgan fingerprint density at radius 2 is 1.85 bits per heavy atom. The van der Waals surface area contributed by atoms with Crippen LogP contribution in [0, 0.1) is 6.92 Å². The zero-order chi connectivity index (χ0) is 30.1. The molecule has 0 saturated heterocycles. The molecule has 0 aliphatic carbocycles. The van der Waals surface area contributed by atoms with E-state index in [0.717, 1.165) is 18.2 Å². The Labute approximate surface area is 233 Å². The van der Waals surface area contributed by atoms with Gasteiger partial charge < -0.3 is 9.84 Å². The maximum Gasteiger partial charge on any atom is 0.416 e. The van der Waals surface area contributed by atoms with E-state index in [2.05, 4.69) is 4.98 Å². The third-order valence-electron chi connectivity index (χ3n) is 5.78. The number of hydrogen-bond acceptors (Lipinski definition) is 8. The number of anilines is 3. The molecule has 4 rings (SSSR count). The number of rotatable bonds is 7. The number of thiol groups is 1. The molecule has 1 aliphatic heterocycles. The maximum atomic E-state index is 13.7. The lowest BCUT2D eigenvalue weighted by Gasteiger charge is -2.36. The number of benzene rings is 2. The van der Waals surface area contributed by atoms with Crippen molar-refractivity contribution >= 4 is 50.1 Å². The Morgan fingerprint density at radius 3 is 2.49 bits per heavy atom. The average molecular weight is 615 g/mol. The molecule has 17 heteroatoms. The van der Waals surface area contributed by atoms with Gasteiger partial charge in [-0.3, -0.25) is 14.4 Å². The summed E-state index contributed by atoms with van der Waals surface area (Å²) < 4.78 is 98.1. The molecule has 218 valence electrons. The van der Waals surface area contributed by atoms with Crippen LogP contribution >= 0.6 is 0 Å². The van der Waals surface area contributed by atoms with Gasteiger partial charge in [-0.1, -0.05) is 12.1 Å². The number of carbonyl (C=O) groups is 2. The molecule has 12 nitrogen and oxygen atoms in total. The van der Waals surface area contributed by atoms with Crippen LogP contribution in [0.15, 0.2) is 65.6 Å². The standard InChI is InChI=1S/C24H21F3N4O8S2/c1-14-4-2-7-21(28-14)31(40(35)36)22(32)12-17-13-30(19-11-16(29-23(33)34)8-9-20(19)39-17)41(37,38)18-6-3-5-15(10-18)24(25,26)27/h2-11,17,29,40H,12-13H2,1H3,(H,33,34). The minimum Gasteiger partial charge on any atom is -0.486 e. The highest BCUT2D eigenvalue weighted by atomic mass is 32.2. The molecule has 2 amide bonds. The number of amides is 2. The van der Waals surface area contributed by atoms with Crippen molar-refractivity contribution in [2.45, 2.75) is 30.5 Å². The first kappa shape index (κ1) is 29.6. The molecule has 1 aromatic heterocycles. The third-order valence-corrected chi connectivity index (χ3v) is 8.31. The molecular formula is C24H21F3N4O8S2. The van der Waals surface area contributed by atoms with Gasteiger partial charge in [0.1, 0.15) is 17.7 Å². The number of ether oxygens (including phenoxy) is 1. The summed E-state index contributed by atoms with van der Waals surface area (Å²) in [4.78, 5) is 27.5. The summed E-state index contributed by atoms with van der Waals surface area (Å²) in [6.45, 7) is 0.952. The quantitative estimate of drug-likeness (QED) is 0.339. The summed E-state index contributed by atoms with van der Waals surface area (Å²) in [6.07, 6.45) is -8.27. The second-order valence-corrected chi connectivity index (χ2v) is 11.4. The number of nitrogens with zero attached hydrogens (tertiary/aromatic N) is 3. The molecule has 2 aromatic carbocycles. The van der Waals surface area contributed by atoms with Gasteiger partial charge in [0.25, 0.3) is 10.0 Å². The van der Waals surface area contributed by atoms with E-state index in [1.165, 1.54) is 24.3 Å². The van der Waals surface area contributed by atoms with Gasteiger partial charge in [0.2, 0.25) is 16.8 Å². The van der Waals surface area contributed by atoms with E-state index in [9.17, 15) is 39.6 Å². The second-order valence-electron chi connectivity index (χ2n) is 8.70. The zero-order valence-corrected chi connectivity index (χ0v) is 22.6. The highest BCUT2D eigenvalue weighted by Gasteiger charge is 2.38. The number of alkyl halides is 3. The number of fused-ring (bicyclic) bond motifs is 1. The molecule has 3 aromatic rings. The summed E-state index contributed by atoms with van der Waals surface area (Å²) in [5.41, 5.74) is -1.09. The Morgan fingerprint density at radius 1 is 1.15 bits per heavy atom. The van der Waals surface area contributed by atoms with E-state index >= 15 is 0 Å². The van der Waals surface area contributed by atoms with Crippen molar-refractivity contribution in [2.24, 2.45) is 0 Å². The van der Waals surface area contributed by atoms with Crippen LogP contribution in [0.2, 0.25) is 0 Å². The maximum absolute atomic E-state index is 13.7. The average Bonchev–Trinajstić information content (AvgIpc) is 2.87. The van der Waals surface area contributed by atoms with Crippen molar-refractivity contribution in [1.82, 2.24) is 4.98 Å². The normalized spacial score (nSPS) is 15.1. The highest BCUT2D eigenvalue weighted by Crippen LogP contribution is 2.40. The Balaban J connectivity index is 1.74. The molecule has 0 fully saturated rings. The number of carbonyl (C=O) groups excluding carboxylic acids is 1. The monoisotopic (exact) mass is 614 g/mol. The lowest BCUT2D eigenvalue weighted by atomic mass is 10.1. The molecule has 1 unspecified atom stereocenters. The van der Waals surface area contributed by atoms with Gasteiger partial charge in [0.15, 0.2) is 0 Å². The smallest absolute Gasteiger partial charge is 0.416 e. The molecule has 0 radical (unpaired) electrons. The van der Waals surface area contributed by atoms with Gasteiger partial charge in [0, 0.05) is 11.4 Å². The summed E-state index contributed by atoms with van der Waals surface area (Å²) in [7, 11) is -8.25. The topological polar surface area (TPSA) is 163 Å². The van der Waals surface area contributed by atoms with Gasteiger partial charge in [-0.25, -0.2) is 26.6 Å². The molecule has 0 spiro atoms. The van der Waals surface area contributed by atoms with Crippen molar-refractivity contribution < 1.29 is 49.4 Å². The molecule has 1 atom stereocenters. The minimum atomic E-state index is -4.84. The Kier molecular flexibility index (Phi) is 8.12. The van der Waals surface area contributed by atoms with Crippen LogP contribution in [-0.2, 0) is 31.9 Å². The van der Waals surface area contributed by atoms with Gasteiger partial charge in [0.05, 0.1) is 29.1 Å². The van der Waals surface area contributed by atoms with E-state index < -0.39 is 68.6 Å². The van der Waals surface area contributed by atoms with Gasteiger partial charge >= 0.3 is 12.3 Å². The van der Waals surface area contributed by atoms with Gasteiger partial charge in [-0.2, -0.15) is 17.5 Å². The first-order valence-corrected chi connectivity index (χ1v) is 14.2. The number of nitrogens with one attached hydrogen (secondary N) is 1. The van der Waals surface area contributed by atoms with Gasteiger partial charge in [-0.15, -0.1) is 0 Å². The van der Waals surface area contributed by atoms with Crippen LogP contribution in [0.1, 0.15) is 17.7 Å². The molecular weight excluding hydrogens is 593 g/mol. The lowest BCUT2D eigenvalue weighted by Crippen LogP contribution is -2.46.